The first-order valence-corrected chi connectivity index (χ1v) is 48.9. The molecule has 726 valence electrons. The standard InChI is InChI=1S/C24H22N4O3.C21H21N3O4.C21H21N3O3.C20H16F3N3O4S.C18H15ClN4O2/c1-14-21(15(2)31-27-14)16-7-8-19-20(13-16)26-23(25-19)28-11-9-24(10-12-28)18-6-4-3-5-17(18)22(29)30-24;1-26-17-11-15-16(12-18(17)27-2)23-20(22-15)24-9-7-21(8-10-24)14-6-4-3-5-13(14)19(25)28-21;1-2-26-14-7-8-17-18(13-14)23-20(22-17)24-11-9-21(10-12-24)16-6-4-3-5-15(16)19(25)27-21;21-20(22,23)31(28,29)12-5-6-15-16(11-12)25-18(24-15)26-9-7-19(8-10-26)14-4-2-1-3-13(14)17(27)30-19;19-14-6-5-13-15(21-14)22-17(20-13)23-9-7-18(8-10-23)12-4-2-1-3-11(12)16(24)25-18/h3-8,13H,9-12H2,1-2H3,(H,25,26);3-6,11-12H,7-10H2,1-2H3,(H,22,23);3-8,13H,2,9-12H2,1H3,(H,22,23);1-6,11H,7-10H2,(H,24,25);1-6H,7-10H2,(H,20,21,22). The molecule has 10 aliphatic heterocycles. The van der Waals surface area contributed by atoms with E-state index in [4.69, 9.17) is 69.0 Å². The number of ether oxygens (including phenoxy) is 8. The van der Waals surface area contributed by atoms with Gasteiger partial charge in [0.15, 0.2) is 17.1 Å². The molecule has 38 heteroatoms. The Labute approximate surface area is 814 Å². The topological polar surface area (TPSA) is 392 Å². The summed E-state index contributed by atoms with van der Waals surface area (Å²) < 4.78 is 113. The van der Waals surface area contributed by atoms with E-state index in [1.165, 1.54) is 6.07 Å². The largest absolute Gasteiger partial charge is 0.501 e. The number of nitrogens with one attached hydrogen (secondary N) is 5. The Morgan fingerprint density at radius 1 is 0.387 bits per heavy atom. The third-order valence-electron chi connectivity index (χ3n) is 28.9. The van der Waals surface area contributed by atoms with Crippen molar-refractivity contribution in [2.75, 3.05) is 111 Å². The summed E-state index contributed by atoms with van der Waals surface area (Å²) in [5.74, 6) is 5.48. The van der Waals surface area contributed by atoms with Gasteiger partial charge in [-0.2, -0.15) is 18.2 Å². The molecule has 0 aliphatic carbocycles. The molecule has 0 radical (unpaired) electrons. The van der Waals surface area contributed by atoms with Crippen LogP contribution in [0.4, 0.5) is 42.9 Å². The van der Waals surface area contributed by atoms with Crippen LogP contribution in [0.5, 0.6) is 17.2 Å². The molecule has 16 aromatic rings. The monoisotopic (exact) mass is 1960 g/mol. The zero-order valence-corrected chi connectivity index (χ0v) is 79.3. The van der Waals surface area contributed by atoms with E-state index < -0.39 is 48.2 Å². The lowest BCUT2D eigenvalue weighted by atomic mass is 9.84. The predicted molar refractivity (Wildman–Crippen MR) is 521 cm³/mol. The van der Waals surface area contributed by atoms with Crippen LogP contribution >= 0.6 is 11.6 Å². The quantitative estimate of drug-likeness (QED) is 0.0456. The molecule has 5 N–H and O–H groups in total. The van der Waals surface area contributed by atoms with Crippen LogP contribution in [0.3, 0.4) is 0 Å². The highest BCUT2D eigenvalue weighted by Crippen LogP contribution is 2.52. The number of halogens is 4. The molecule has 7 aromatic heterocycles. The second-order valence-corrected chi connectivity index (χ2v) is 39.1. The molecule has 26 rings (SSSR count). The summed E-state index contributed by atoms with van der Waals surface area (Å²) >= 11 is 5.93. The van der Waals surface area contributed by atoms with Gasteiger partial charge in [0, 0.05) is 181 Å². The molecule has 33 nitrogen and oxygen atoms in total. The van der Waals surface area contributed by atoms with Crippen LogP contribution in [0.25, 0.3) is 66.4 Å². The molecule has 5 spiro atoms. The third-order valence-corrected chi connectivity index (χ3v) is 30.6. The number of anilines is 5. The number of aryl methyl sites for hydroxylation is 2. The van der Waals surface area contributed by atoms with E-state index in [1.807, 2.05) is 177 Å². The van der Waals surface area contributed by atoms with Gasteiger partial charge in [-0.25, -0.2) is 57.3 Å². The molecular formula is C104H95ClF3N17O16S. The number of pyridine rings is 1. The molecule has 142 heavy (non-hydrogen) atoms. The highest BCUT2D eigenvalue weighted by atomic mass is 35.5. The van der Waals surface area contributed by atoms with Crippen LogP contribution < -0.4 is 38.7 Å². The Balaban J connectivity index is 0.000000102. The number of nitrogens with zero attached hydrogens (tertiary/aromatic N) is 12. The van der Waals surface area contributed by atoms with Gasteiger partial charge in [0.1, 0.15) is 44.7 Å². The molecular weight excluding hydrogens is 1870 g/mol. The Hall–Kier alpha value is -15.5. The summed E-state index contributed by atoms with van der Waals surface area (Å²) in [7, 11) is -2.21. The number of hydrogen-bond donors (Lipinski definition) is 5. The highest BCUT2D eigenvalue weighted by Gasteiger charge is 2.54. The summed E-state index contributed by atoms with van der Waals surface area (Å²) in [4.78, 5) is 115. The lowest BCUT2D eigenvalue weighted by molar-refractivity contribution is -0.0437. The van der Waals surface area contributed by atoms with Crippen LogP contribution in [0.2, 0.25) is 5.15 Å². The molecule has 0 bridgehead atoms. The lowest BCUT2D eigenvalue weighted by Crippen LogP contribution is -2.43. The average Bonchev–Trinajstić information content (AvgIpc) is 1.60. The van der Waals surface area contributed by atoms with Crippen LogP contribution in [-0.2, 0) is 61.5 Å². The maximum atomic E-state index is 12.8. The van der Waals surface area contributed by atoms with Crippen molar-refractivity contribution in [3.05, 3.63) is 272 Å². The number of hydrogen-bond acceptors (Lipinski definition) is 28. The van der Waals surface area contributed by atoms with Gasteiger partial charge in [0.2, 0.25) is 29.7 Å². The number of imidazole rings is 5. The molecule has 5 fully saturated rings. The van der Waals surface area contributed by atoms with Crippen LogP contribution in [-0.4, -0.2) is 190 Å². The predicted octanol–water partition coefficient (Wildman–Crippen LogP) is 18.2. The molecule has 17 heterocycles. The number of piperidine rings is 5. The fourth-order valence-electron chi connectivity index (χ4n) is 21.5. The zero-order chi connectivity index (χ0) is 97.9. The van der Waals surface area contributed by atoms with Gasteiger partial charge < -0.3 is 91.8 Å². The molecule has 10 aliphatic rings. The maximum Gasteiger partial charge on any atom is 0.501 e. The van der Waals surface area contributed by atoms with Crippen molar-refractivity contribution in [3.8, 4) is 28.4 Å². The van der Waals surface area contributed by atoms with E-state index in [1.54, 1.807) is 32.4 Å². The van der Waals surface area contributed by atoms with Crippen molar-refractivity contribution >= 4 is 136 Å². The summed E-state index contributed by atoms with van der Waals surface area (Å²) in [5, 5.41) is 4.49. The van der Waals surface area contributed by atoms with Gasteiger partial charge in [-0.1, -0.05) is 114 Å². The fourth-order valence-corrected chi connectivity index (χ4v) is 22.4. The van der Waals surface area contributed by atoms with E-state index >= 15 is 0 Å². The molecule has 9 aromatic carbocycles. The van der Waals surface area contributed by atoms with Gasteiger partial charge >= 0.3 is 35.4 Å². The number of methoxy groups -OCH3 is 2. The van der Waals surface area contributed by atoms with E-state index in [9.17, 15) is 45.6 Å². The SMILES string of the molecule is CCOc1ccc2nc(N3CCC4(CC3)OC(=O)c3ccccc34)[nH]c2c1.COc1cc2nc(N3CCC4(CC3)OC(=O)c3ccccc34)[nH]c2cc1OC.Cc1noc(C)c1-c1ccc2nc(N3CCC4(CC3)OC(=O)c3ccccc34)[nH]c2c1.O=C1OC2(CCN(c3nc4ccc(S(=O)(=O)C(F)(F)F)cc4[nH]3)CC2)c2ccccc21.O=C1OC2(CCN(c3nc4nc(Cl)ccc4[nH]3)CC2)c2ccccc21. The number of fused-ring (bicyclic) bond motifs is 15. The smallest absolute Gasteiger partial charge is 0.494 e. The van der Waals surface area contributed by atoms with Gasteiger partial charge in [0.05, 0.1) is 109 Å². The van der Waals surface area contributed by atoms with Gasteiger partial charge in [-0.15, -0.1) is 0 Å². The van der Waals surface area contributed by atoms with Crippen molar-refractivity contribution in [3.63, 3.8) is 0 Å². The van der Waals surface area contributed by atoms with Crippen molar-refractivity contribution in [2.24, 2.45) is 0 Å². The number of alkyl halides is 3. The number of esters is 5. The number of aromatic nitrogens is 12. The van der Waals surface area contributed by atoms with Crippen LogP contribution in [0.15, 0.2) is 210 Å². The van der Waals surface area contributed by atoms with Crippen LogP contribution in [0.1, 0.15) is 162 Å². The zero-order valence-electron chi connectivity index (χ0n) is 77.7. The Bertz CT molecular complexity index is 7770. The highest BCUT2D eigenvalue weighted by molar-refractivity contribution is 7.92. The van der Waals surface area contributed by atoms with E-state index in [0.717, 1.165) is 234 Å². The first-order valence-electron chi connectivity index (χ1n) is 47.0. The number of carbonyl (C=O) groups is 5. The molecule has 0 atom stereocenters. The minimum atomic E-state index is -5.44. The number of carbonyl (C=O) groups excluding carboxylic acids is 5. The third kappa shape index (κ3) is 16.3. The molecule has 0 unspecified atom stereocenters. The van der Waals surface area contributed by atoms with E-state index in [0.29, 0.717) is 94.1 Å². The van der Waals surface area contributed by atoms with Gasteiger partial charge in [0.25, 0.3) is 9.84 Å². The first-order chi connectivity index (χ1) is 68.6. The lowest BCUT2D eigenvalue weighted by Gasteiger charge is -2.38. The number of rotatable bonds is 11. The normalized spacial score (nSPS) is 18.0. The fraction of sp³-hybridized carbons (Fsp3) is 0.308. The van der Waals surface area contributed by atoms with E-state index in [-0.39, 0.29) is 35.4 Å². The first kappa shape index (κ1) is 91.6. The summed E-state index contributed by atoms with van der Waals surface area (Å²) in [6, 6.07) is 60.7. The molecule has 5 saturated heterocycles. The Morgan fingerprint density at radius 2 is 0.718 bits per heavy atom. The van der Waals surface area contributed by atoms with Gasteiger partial charge in [-0.3, -0.25) is 0 Å². The van der Waals surface area contributed by atoms with E-state index in [2.05, 4.69) is 76.8 Å². The molecule has 0 saturated carbocycles. The summed E-state index contributed by atoms with van der Waals surface area (Å²) in [6.07, 6.45) is 7.02. The number of sulfone groups is 1. The van der Waals surface area contributed by atoms with Crippen LogP contribution in [0, 0.1) is 13.8 Å². The van der Waals surface area contributed by atoms with Crippen molar-refractivity contribution in [1.82, 2.24) is 60.0 Å². The maximum absolute atomic E-state index is 12.8. The summed E-state index contributed by atoms with van der Waals surface area (Å²) in [5.41, 5.74) is 10.7. The second-order valence-electron chi connectivity index (χ2n) is 36.8. The number of benzene rings is 9. The minimum Gasteiger partial charge on any atom is -0.494 e. The average molecular weight is 1960 g/mol. The number of aromatic amines is 5. The Kier molecular flexibility index (Phi) is 23.0. The number of H-pyrrole nitrogens is 5. The van der Waals surface area contributed by atoms with Gasteiger partial charge in [-0.05, 0) is 111 Å². The van der Waals surface area contributed by atoms with Crippen molar-refractivity contribution in [1.29, 1.82) is 0 Å². The second kappa shape index (κ2) is 35.7. The minimum absolute atomic E-state index is 0.193. The van der Waals surface area contributed by atoms with Crippen molar-refractivity contribution < 1.29 is 88.0 Å². The van der Waals surface area contributed by atoms with Crippen molar-refractivity contribution in [2.45, 2.75) is 123 Å². The summed E-state index contributed by atoms with van der Waals surface area (Å²) in [6.45, 7) is 13.5. The Morgan fingerprint density at radius 3 is 1.08 bits per heavy atom. The molecule has 0 amide bonds.